The second-order valence-corrected chi connectivity index (χ2v) is 5.91. The molecule has 1 saturated heterocycles. The van der Waals surface area contributed by atoms with Gasteiger partial charge in [0.05, 0.1) is 17.9 Å². The van der Waals surface area contributed by atoms with Crippen molar-refractivity contribution in [3.05, 3.63) is 29.8 Å². The van der Waals surface area contributed by atoms with E-state index in [1.807, 2.05) is 13.8 Å². The van der Waals surface area contributed by atoms with Crippen LogP contribution in [0.5, 0.6) is 0 Å². The lowest BCUT2D eigenvalue weighted by atomic mass is 10.1. The number of amides is 1. The number of quaternary nitrogens is 1. The minimum absolute atomic E-state index is 0.113. The van der Waals surface area contributed by atoms with Gasteiger partial charge >= 0.3 is 5.97 Å². The van der Waals surface area contributed by atoms with Gasteiger partial charge < -0.3 is 19.7 Å². The number of para-hydroxylation sites is 1. The van der Waals surface area contributed by atoms with Gasteiger partial charge in [-0.25, -0.2) is 4.79 Å². The Labute approximate surface area is 136 Å². The van der Waals surface area contributed by atoms with Crippen LogP contribution in [-0.4, -0.2) is 50.3 Å². The number of hydrogen-bond acceptors (Lipinski definition) is 4. The minimum Gasteiger partial charge on any atom is -0.462 e. The lowest BCUT2D eigenvalue weighted by Crippen LogP contribution is -3.16. The van der Waals surface area contributed by atoms with Crippen molar-refractivity contribution in [1.29, 1.82) is 0 Å². The first-order chi connectivity index (χ1) is 11.0. The fourth-order valence-corrected chi connectivity index (χ4v) is 2.93. The minimum atomic E-state index is -0.427. The lowest BCUT2D eigenvalue weighted by molar-refractivity contribution is -0.907. The molecule has 1 aliphatic heterocycles. The quantitative estimate of drug-likeness (QED) is 0.775. The monoisotopic (exact) mass is 321 g/mol. The molecule has 6 heteroatoms. The van der Waals surface area contributed by atoms with E-state index in [4.69, 9.17) is 9.47 Å². The number of rotatable bonds is 5. The van der Waals surface area contributed by atoms with Crippen molar-refractivity contribution in [2.24, 2.45) is 0 Å². The lowest BCUT2D eigenvalue weighted by Gasteiger charge is -2.31. The standard InChI is InChI=1S/C17H24N2O4/c1-4-22-17(21)14-7-5-6-8-15(14)18-16(20)11-19-9-12(2)23-13(3)10-19/h5-8,12-13H,4,9-11H2,1-3H3,(H,18,20)/p+1/t12-,13+. The Morgan fingerprint density at radius 2 is 1.91 bits per heavy atom. The molecule has 1 aromatic rings. The van der Waals surface area contributed by atoms with Crippen molar-refractivity contribution in [2.75, 3.05) is 31.6 Å². The predicted octanol–water partition coefficient (Wildman–Crippen LogP) is 0.494. The average molecular weight is 321 g/mol. The summed E-state index contributed by atoms with van der Waals surface area (Å²) in [4.78, 5) is 25.4. The van der Waals surface area contributed by atoms with Crippen molar-refractivity contribution in [1.82, 2.24) is 0 Å². The zero-order chi connectivity index (χ0) is 16.8. The van der Waals surface area contributed by atoms with Gasteiger partial charge in [-0.3, -0.25) is 4.79 Å². The number of esters is 1. The van der Waals surface area contributed by atoms with Crippen molar-refractivity contribution < 1.29 is 24.0 Å². The van der Waals surface area contributed by atoms with E-state index in [0.29, 0.717) is 24.4 Å². The maximum absolute atomic E-state index is 12.3. The van der Waals surface area contributed by atoms with Crippen molar-refractivity contribution in [3.63, 3.8) is 0 Å². The first-order valence-corrected chi connectivity index (χ1v) is 8.04. The molecule has 1 heterocycles. The van der Waals surface area contributed by atoms with Gasteiger partial charge in [0.15, 0.2) is 6.54 Å². The van der Waals surface area contributed by atoms with E-state index in [2.05, 4.69) is 5.32 Å². The second-order valence-electron chi connectivity index (χ2n) is 5.91. The molecular formula is C17H25N2O4+. The third-order valence-corrected chi connectivity index (χ3v) is 3.72. The molecule has 1 aliphatic rings. The first-order valence-electron chi connectivity index (χ1n) is 8.04. The highest BCUT2D eigenvalue weighted by molar-refractivity contribution is 6.01. The number of benzene rings is 1. The molecule has 0 saturated carbocycles. The molecule has 3 atom stereocenters. The zero-order valence-electron chi connectivity index (χ0n) is 13.9. The molecule has 2 rings (SSSR count). The Bertz CT molecular complexity index is 551. The summed E-state index contributed by atoms with van der Waals surface area (Å²) < 4.78 is 10.7. The van der Waals surface area contributed by atoms with Gasteiger partial charge in [0.1, 0.15) is 25.3 Å². The largest absolute Gasteiger partial charge is 0.462 e. The van der Waals surface area contributed by atoms with Gasteiger partial charge in [0.25, 0.3) is 5.91 Å². The van der Waals surface area contributed by atoms with Crippen LogP contribution in [0, 0.1) is 0 Å². The van der Waals surface area contributed by atoms with Crippen molar-refractivity contribution in [2.45, 2.75) is 33.0 Å². The molecule has 126 valence electrons. The Kier molecular flexibility index (Phi) is 6.12. The molecule has 0 bridgehead atoms. The van der Waals surface area contributed by atoms with Crippen LogP contribution >= 0.6 is 0 Å². The highest BCUT2D eigenvalue weighted by Gasteiger charge is 2.27. The van der Waals surface area contributed by atoms with Crippen LogP contribution in [0.3, 0.4) is 0 Å². The van der Waals surface area contributed by atoms with E-state index in [-0.39, 0.29) is 18.1 Å². The van der Waals surface area contributed by atoms with Gasteiger partial charge in [0.2, 0.25) is 0 Å². The molecule has 1 aromatic carbocycles. The molecule has 1 unspecified atom stereocenters. The number of anilines is 1. The van der Waals surface area contributed by atoms with Crippen LogP contribution in [-0.2, 0) is 14.3 Å². The van der Waals surface area contributed by atoms with Gasteiger partial charge in [-0.1, -0.05) is 12.1 Å². The first kappa shape index (κ1) is 17.4. The van der Waals surface area contributed by atoms with E-state index in [1.54, 1.807) is 31.2 Å². The fourth-order valence-electron chi connectivity index (χ4n) is 2.93. The fraction of sp³-hybridized carbons (Fsp3) is 0.529. The van der Waals surface area contributed by atoms with Crippen molar-refractivity contribution >= 4 is 17.6 Å². The summed E-state index contributed by atoms with van der Waals surface area (Å²) in [5, 5.41) is 2.83. The van der Waals surface area contributed by atoms with Crippen LogP contribution < -0.4 is 10.2 Å². The van der Waals surface area contributed by atoms with Crippen LogP contribution in [0.2, 0.25) is 0 Å². The predicted molar refractivity (Wildman–Crippen MR) is 86.6 cm³/mol. The molecule has 2 N–H and O–H groups in total. The van der Waals surface area contributed by atoms with E-state index in [1.165, 1.54) is 4.90 Å². The number of morpholine rings is 1. The summed E-state index contributed by atoms with van der Waals surface area (Å²) in [7, 11) is 0. The maximum Gasteiger partial charge on any atom is 0.340 e. The molecule has 0 spiro atoms. The summed E-state index contributed by atoms with van der Waals surface area (Å²) in [6.45, 7) is 8.05. The Morgan fingerprint density at radius 1 is 1.26 bits per heavy atom. The summed E-state index contributed by atoms with van der Waals surface area (Å²) >= 11 is 0. The normalized spacial score (nSPS) is 24.0. The van der Waals surface area contributed by atoms with Gasteiger partial charge in [-0.15, -0.1) is 0 Å². The highest BCUT2D eigenvalue weighted by atomic mass is 16.5. The third kappa shape index (κ3) is 5.04. The number of carbonyl (C=O) groups excluding carboxylic acids is 2. The van der Waals surface area contributed by atoms with Crippen LogP contribution in [0.25, 0.3) is 0 Å². The zero-order valence-corrected chi connectivity index (χ0v) is 13.9. The number of nitrogens with one attached hydrogen (secondary N) is 2. The number of hydrogen-bond donors (Lipinski definition) is 2. The SMILES string of the molecule is CCOC(=O)c1ccccc1NC(=O)C[NH+]1C[C@@H](C)O[C@@H](C)C1. The van der Waals surface area contributed by atoms with E-state index in [0.717, 1.165) is 13.1 Å². The average Bonchev–Trinajstić information content (AvgIpc) is 2.46. The Morgan fingerprint density at radius 3 is 2.57 bits per heavy atom. The second kappa shape index (κ2) is 8.08. The Balaban J connectivity index is 1.99. The smallest absolute Gasteiger partial charge is 0.340 e. The van der Waals surface area contributed by atoms with E-state index >= 15 is 0 Å². The highest BCUT2D eigenvalue weighted by Crippen LogP contribution is 2.16. The maximum atomic E-state index is 12.3. The summed E-state index contributed by atoms with van der Waals surface area (Å²) in [5.74, 6) is -0.539. The van der Waals surface area contributed by atoms with Crippen LogP contribution in [0.15, 0.2) is 24.3 Å². The van der Waals surface area contributed by atoms with Crippen molar-refractivity contribution in [3.8, 4) is 0 Å². The summed E-state index contributed by atoms with van der Waals surface area (Å²) in [6, 6.07) is 6.89. The molecule has 23 heavy (non-hydrogen) atoms. The molecule has 0 radical (unpaired) electrons. The van der Waals surface area contributed by atoms with Crippen LogP contribution in [0.1, 0.15) is 31.1 Å². The molecule has 0 aliphatic carbocycles. The third-order valence-electron chi connectivity index (χ3n) is 3.72. The molecular weight excluding hydrogens is 296 g/mol. The molecule has 6 nitrogen and oxygen atoms in total. The topological polar surface area (TPSA) is 69.1 Å². The number of ether oxygens (including phenoxy) is 2. The number of carbonyl (C=O) groups is 2. The van der Waals surface area contributed by atoms with E-state index in [9.17, 15) is 9.59 Å². The summed E-state index contributed by atoms with van der Waals surface area (Å²) in [6.07, 6.45) is 0.293. The molecule has 1 fully saturated rings. The van der Waals surface area contributed by atoms with Gasteiger partial charge in [0, 0.05) is 0 Å². The van der Waals surface area contributed by atoms with Crippen LogP contribution in [0.4, 0.5) is 5.69 Å². The molecule has 0 aromatic heterocycles. The Hall–Kier alpha value is -1.92. The summed E-state index contributed by atoms with van der Waals surface area (Å²) in [5.41, 5.74) is 0.867. The molecule has 1 amide bonds. The van der Waals surface area contributed by atoms with Gasteiger partial charge in [-0.2, -0.15) is 0 Å². The van der Waals surface area contributed by atoms with E-state index < -0.39 is 5.97 Å². The van der Waals surface area contributed by atoms with Gasteiger partial charge in [-0.05, 0) is 32.9 Å².